The Morgan fingerprint density at radius 3 is 2.35 bits per heavy atom. The highest BCUT2D eigenvalue weighted by Crippen LogP contribution is 2.22. The number of carbonyl (C=O) groups is 1. The lowest BCUT2D eigenvalue weighted by Crippen LogP contribution is -2.26. The van der Waals surface area contributed by atoms with Gasteiger partial charge in [0, 0.05) is 6.61 Å². The summed E-state index contributed by atoms with van der Waals surface area (Å²) in [5.74, 6) is -0.447. The number of esters is 1. The monoisotopic (exact) mass is 332 g/mol. The van der Waals surface area contributed by atoms with Crippen molar-refractivity contribution < 1.29 is 32.5 Å². The molecule has 0 N–H and O–H groups in total. The van der Waals surface area contributed by atoms with E-state index in [4.69, 9.17) is 14.2 Å². The topological polar surface area (TPSA) is 54.0 Å². The smallest absolute Gasteiger partial charge is 0.387 e. The second-order valence-electron chi connectivity index (χ2n) is 4.74. The Morgan fingerprint density at radius 1 is 1.13 bits per heavy atom. The normalized spacial score (nSPS) is 13.7. The molecule has 23 heavy (non-hydrogen) atoms. The number of rotatable bonds is 10. The largest absolute Gasteiger partial charge is 0.456 e. The molecule has 0 bridgehead atoms. The van der Waals surface area contributed by atoms with E-state index in [2.05, 4.69) is 4.74 Å². The summed E-state index contributed by atoms with van der Waals surface area (Å²) in [6.45, 7) is 3.59. The van der Waals surface area contributed by atoms with Crippen LogP contribution >= 0.6 is 0 Å². The molecule has 0 aliphatic heterocycles. The summed E-state index contributed by atoms with van der Waals surface area (Å²) in [4.78, 5) is 11.9. The Kier molecular flexibility index (Phi) is 8.50. The van der Waals surface area contributed by atoms with Gasteiger partial charge in [-0.25, -0.2) is 4.79 Å². The van der Waals surface area contributed by atoms with Gasteiger partial charge in [-0.05, 0) is 38.5 Å². The molecule has 0 saturated heterocycles. The maximum absolute atomic E-state index is 12.1. The number of hydrogen-bond donors (Lipinski definition) is 0. The Labute approximate surface area is 134 Å². The first-order chi connectivity index (χ1) is 10.9. The summed E-state index contributed by atoms with van der Waals surface area (Å²) in [6.07, 6.45) is -1.24. The third kappa shape index (κ3) is 7.38. The van der Waals surface area contributed by atoms with Gasteiger partial charge in [0.2, 0.25) is 0 Å². The zero-order chi connectivity index (χ0) is 17.2. The molecular formula is C16H22F2O5. The number of hydrogen-bond acceptors (Lipinski definition) is 5. The van der Waals surface area contributed by atoms with Crippen LogP contribution in [0.1, 0.15) is 32.4 Å². The fourth-order valence-corrected chi connectivity index (χ4v) is 1.75. The van der Waals surface area contributed by atoms with Crippen molar-refractivity contribution in [3.63, 3.8) is 0 Å². The predicted molar refractivity (Wildman–Crippen MR) is 79.5 cm³/mol. The molecule has 0 fully saturated rings. The van der Waals surface area contributed by atoms with Gasteiger partial charge in [-0.2, -0.15) is 8.78 Å². The van der Waals surface area contributed by atoms with Crippen molar-refractivity contribution in [2.75, 3.05) is 19.8 Å². The van der Waals surface area contributed by atoms with Crippen LogP contribution in [0.25, 0.3) is 0 Å². The van der Waals surface area contributed by atoms with Gasteiger partial charge in [0.25, 0.3) is 0 Å². The van der Waals surface area contributed by atoms with Crippen LogP contribution in [0.15, 0.2) is 24.3 Å². The minimum atomic E-state index is -2.87. The van der Waals surface area contributed by atoms with Crippen molar-refractivity contribution >= 4 is 5.97 Å². The zero-order valence-electron chi connectivity index (χ0n) is 13.5. The molecule has 0 aliphatic carbocycles. The zero-order valence-corrected chi connectivity index (χ0v) is 13.5. The van der Waals surface area contributed by atoms with Crippen LogP contribution in [0.5, 0.6) is 5.75 Å². The van der Waals surface area contributed by atoms with Crippen molar-refractivity contribution in [3.8, 4) is 5.75 Å². The third-order valence-electron chi connectivity index (χ3n) is 3.00. The van der Waals surface area contributed by atoms with E-state index in [0.29, 0.717) is 25.4 Å². The molecule has 0 amide bonds. The molecule has 0 unspecified atom stereocenters. The molecule has 7 heteroatoms. The maximum atomic E-state index is 12.1. The van der Waals surface area contributed by atoms with Gasteiger partial charge in [0.05, 0.1) is 13.2 Å². The Morgan fingerprint density at radius 2 is 1.78 bits per heavy atom. The Balaban J connectivity index is 2.44. The summed E-state index contributed by atoms with van der Waals surface area (Å²) >= 11 is 0. The van der Waals surface area contributed by atoms with E-state index in [1.165, 1.54) is 12.1 Å². The van der Waals surface area contributed by atoms with Gasteiger partial charge >= 0.3 is 12.6 Å². The second-order valence-corrected chi connectivity index (χ2v) is 4.74. The quantitative estimate of drug-likeness (QED) is 0.486. The standard InChI is InChI=1S/C16H22F2O5/c1-4-20-9-10-21-12(3)15(19)22-11(2)13-5-7-14(8-6-13)23-16(17)18/h5-8,11-12,16H,4,9-10H2,1-3H3/t11-,12+/m1/s1. The molecule has 2 atom stereocenters. The van der Waals surface area contributed by atoms with E-state index in [0.717, 1.165) is 0 Å². The fourth-order valence-electron chi connectivity index (χ4n) is 1.75. The Bertz CT molecular complexity index is 464. The van der Waals surface area contributed by atoms with Gasteiger partial charge in [-0.1, -0.05) is 12.1 Å². The molecular weight excluding hydrogens is 310 g/mol. The number of benzene rings is 1. The van der Waals surface area contributed by atoms with E-state index < -0.39 is 24.8 Å². The summed E-state index contributed by atoms with van der Waals surface area (Å²) < 4.78 is 44.1. The number of alkyl halides is 2. The molecule has 0 saturated carbocycles. The number of carbonyl (C=O) groups excluding carboxylic acids is 1. The van der Waals surface area contributed by atoms with Gasteiger partial charge in [-0.3, -0.25) is 0 Å². The summed E-state index contributed by atoms with van der Waals surface area (Å²) in [6, 6.07) is 5.92. The third-order valence-corrected chi connectivity index (χ3v) is 3.00. The van der Waals surface area contributed by atoms with Gasteiger partial charge in [0.15, 0.2) is 6.10 Å². The first-order valence-electron chi connectivity index (χ1n) is 7.38. The van der Waals surface area contributed by atoms with Crippen LogP contribution in [0, 0.1) is 0 Å². The highest BCUT2D eigenvalue weighted by atomic mass is 19.3. The highest BCUT2D eigenvalue weighted by molar-refractivity contribution is 5.74. The molecule has 1 rings (SSSR count). The fraction of sp³-hybridized carbons (Fsp3) is 0.562. The molecule has 0 radical (unpaired) electrons. The molecule has 0 aliphatic rings. The van der Waals surface area contributed by atoms with Crippen LogP contribution in [0.4, 0.5) is 8.78 Å². The summed E-state index contributed by atoms with van der Waals surface area (Å²) in [7, 11) is 0. The minimum Gasteiger partial charge on any atom is -0.456 e. The van der Waals surface area contributed by atoms with Crippen molar-refractivity contribution in [2.24, 2.45) is 0 Å². The van der Waals surface area contributed by atoms with Crippen LogP contribution in [0.3, 0.4) is 0 Å². The van der Waals surface area contributed by atoms with E-state index in [1.807, 2.05) is 6.92 Å². The predicted octanol–water partition coefficient (Wildman–Crippen LogP) is 3.33. The van der Waals surface area contributed by atoms with Crippen molar-refractivity contribution in [1.29, 1.82) is 0 Å². The molecule has 1 aromatic rings. The van der Waals surface area contributed by atoms with E-state index in [-0.39, 0.29) is 5.75 Å². The van der Waals surface area contributed by atoms with E-state index in [1.54, 1.807) is 26.0 Å². The number of halogens is 2. The summed E-state index contributed by atoms with van der Waals surface area (Å²) in [5.41, 5.74) is 0.668. The Hall–Kier alpha value is -1.73. The van der Waals surface area contributed by atoms with Crippen LogP contribution in [0.2, 0.25) is 0 Å². The SMILES string of the molecule is CCOCCO[C@@H](C)C(=O)O[C@H](C)c1ccc(OC(F)F)cc1. The minimum absolute atomic E-state index is 0.0508. The van der Waals surface area contributed by atoms with Crippen molar-refractivity contribution in [3.05, 3.63) is 29.8 Å². The molecule has 0 heterocycles. The van der Waals surface area contributed by atoms with Crippen LogP contribution < -0.4 is 4.74 Å². The average Bonchev–Trinajstić information content (AvgIpc) is 2.51. The van der Waals surface area contributed by atoms with Gasteiger partial charge in [0.1, 0.15) is 11.9 Å². The lowest BCUT2D eigenvalue weighted by Gasteiger charge is -2.18. The summed E-state index contributed by atoms with van der Waals surface area (Å²) in [5, 5.41) is 0. The van der Waals surface area contributed by atoms with Gasteiger partial charge in [-0.15, -0.1) is 0 Å². The van der Waals surface area contributed by atoms with Gasteiger partial charge < -0.3 is 18.9 Å². The average molecular weight is 332 g/mol. The van der Waals surface area contributed by atoms with Crippen molar-refractivity contribution in [2.45, 2.75) is 39.6 Å². The van der Waals surface area contributed by atoms with Crippen LogP contribution in [-0.4, -0.2) is 38.5 Å². The van der Waals surface area contributed by atoms with E-state index in [9.17, 15) is 13.6 Å². The van der Waals surface area contributed by atoms with E-state index >= 15 is 0 Å². The lowest BCUT2D eigenvalue weighted by molar-refractivity contribution is -0.161. The molecule has 0 aromatic heterocycles. The first-order valence-corrected chi connectivity index (χ1v) is 7.38. The first kappa shape index (κ1) is 19.3. The molecule has 130 valence electrons. The molecule has 5 nitrogen and oxygen atoms in total. The lowest BCUT2D eigenvalue weighted by atomic mass is 10.1. The maximum Gasteiger partial charge on any atom is 0.387 e. The van der Waals surface area contributed by atoms with Crippen LogP contribution in [-0.2, 0) is 19.0 Å². The highest BCUT2D eigenvalue weighted by Gasteiger charge is 2.19. The molecule has 0 spiro atoms. The number of ether oxygens (including phenoxy) is 4. The molecule has 1 aromatic carbocycles. The van der Waals surface area contributed by atoms with Crippen molar-refractivity contribution in [1.82, 2.24) is 0 Å². The second kappa shape index (κ2) is 10.1.